The molecule has 0 aliphatic rings. The van der Waals surface area contributed by atoms with Gasteiger partial charge in [-0.25, -0.2) is 4.98 Å². The van der Waals surface area contributed by atoms with Crippen molar-refractivity contribution in [3.63, 3.8) is 0 Å². The lowest BCUT2D eigenvalue weighted by molar-refractivity contribution is 0.700. The second-order valence-corrected chi connectivity index (χ2v) is 4.34. The summed E-state index contributed by atoms with van der Waals surface area (Å²) >= 11 is 0. The Kier molecular flexibility index (Phi) is 3.47. The summed E-state index contributed by atoms with van der Waals surface area (Å²) in [7, 11) is 0. The largest absolute Gasteiger partial charge is 0.383 e. The molecule has 0 aliphatic carbocycles. The fourth-order valence-electron chi connectivity index (χ4n) is 1.89. The average molecular weight is 229 g/mol. The Balaban J connectivity index is 1.95. The Morgan fingerprint density at radius 2 is 2.06 bits per heavy atom. The van der Waals surface area contributed by atoms with Crippen molar-refractivity contribution in [3.8, 4) is 0 Å². The van der Waals surface area contributed by atoms with Crippen LogP contribution in [0.3, 0.4) is 0 Å². The van der Waals surface area contributed by atoms with E-state index < -0.39 is 0 Å². The van der Waals surface area contributed by atoms with Gasteiger partial charge in [0.2, 0.25) is 0 Å². The normalized spacial score (nSPS) is 10.5. The number of nitrogens with zero attached hydrogens (tertiary/aromatic N) is 2. The lowest BCUT2D eigenvalue weighted by atomic mass is 10.1. The quantitative estimate of drug-likeness (QED) is 0.873. The first-order chi connectivity index (χ1) is 8.18. The Bertz CT molecular complexity index is 500. The van der Waals surface area contributed by atoms with Crippen molar-refractivity contribution in [3.05, 3.63) is 47.5 Å². The summed E-state index contributed by atoms with van der Waals surface area (Å²) < 4.78 is 2.15. The molecule has 0 saturated carbocycles. The van der Waals surface area contributed by atoms with E-state index in [9.17, 15) is 0 Å². The van der Waals surface area contributed by atoms with E-state index in [0.717, 1.165) is 18.9 Å². The summed E-state index contributed by atoms with van der Waals surface area (Å²) in [5.41, 5.74) is 3.88. The van der Waals surface area contributed by atoms with Gasteiger partial charge in [0.15, 0.2) is 0 Å². The van der Waals surface area contributed by atoms with Crippen LogP contribution < -0.4 is 5.32 Å². The first-order valence-corrected chi connectivity index (χ1v) is 5.96. The van der Waals surface area contributed by atoms with E-state index in [4.69, 9.17) is 0 Å². The third-order valence-corrected chi connectivity index (χ3v) is 3.20. The SMILES string of the molecule is Cc1cccc(NCCn2ccnc2C)c1C. The highest BCUT2D eigenvalue weighted by Crippen LogP contribution is 2.17. The second-order valence-electron chi connectivity index (χ2n) is 4.34. The van der Waals surface area contributed by atoms with Gasteiger partial charge >= 0.3 is 0 Å². The molecular formula is C14H19N3. The number of rotatable bonds is 4. The van der Waals surface area contributed by atoms with Crippen LogP contribution >= 0.6 is 0 Å². The lowest BCUT2D eigenvalue weighted by Crippen LogP contribution is -2.11. The second kappa shape index (κ2) is 5.04. The molecule has 2 aromatic rings. The molecule has 0 atom stereocenters. The third-order valence-electron chi connectivity index (χ3n) is 3.20. The summed E-state index contributed by atoms with van der Waals surface area (Å²) in [6.45, 7) is 8.18. The molecule has 0 saturated heterocycles. The maximum absolute atomic E-state index is 4.21. The number of benzene rings is 1. The van der Waals surface area contributed by atoms with Crippen LogP contribution in [-0.4, -0.2) is 16.1 Å². The first kappa shape index (κ1) is 11.7. The minimum Gasteiger partial charge on any atom is -0.383 e. The molecule has 0 unspecified atom stereocenters. The lowest BCUT2D eigenvalue weighted by Gasteiger charge is -2.12. The van der Waals surface area contributed by atoms with E-state index in [1.165, 1.54) is 16.8 Å². The van der Waals surface area contributed by atoms with Crippen molar-refractivity contribution in [1.29, 1.82) is 0 Å². The van der Waals surface area contributed by atoms with E-state index in [1.807, 2.05) is 19.3 Å². The van der Waals surface area contributed by atoms with Crippen LogP contribution in [0.5, 0.6) is 0 Å². The van der Waals surface area contributed by atoms with Gasteiger partial charge in [0.25, 0.3) is 0 Å². The predicted molar refractivity (Wildman–Crippen MR) is 71.4 cm³/mol. The minimum absolute atomic E-state index is 0.918. The summed E-state index contributed by atoms with van der Waals surface area (Å²) in [6.07, 6.45) is 3.85. The van der Waals surface area contributed by atoms with Gasteiger partial charge in [-0.2, -0.15) is 0 Å². The number of aryl methyl sites for hydroxylation is 2. The Labute approximate surface area is 103 Å². The zero-order valence-corrected chi connectivity index (χ0v) is 10.7. The molecule has 0 fully saturated rings. The molecule has 1 N–H and O–H groups in total. The van der Waals surface area contributed by atoms with Crippen molar-refractivity contribution < 1.29 is 0 Å². The number of aromatic nitrogens is 2. The van der Waals surface area contributed by atoms with Gasteiger partial charge in [0.1, 0.15) is 5.82 Å². The molecule has 0 radical (unpaired) electrons. The topological polar surface area (TPSA) is 29.9 Å². The smallest absolute Gasteiger partial charge is 0.105 e. The molecule has 3 heteroatoms. The van der Waals surface area contributed by atoms with Crippen molar-refractivity contribution in [2.24, 2.45) is 0 Å². The Morgan fingerprint density at radius 1 is 1.24 bits per heavy atom. The van der Waals surface area contributed by atoms with E-state index >= 15 is 0 Å². The fraction of sp³-hybridized carbons (Fsp3) is 0.357. The molecule has 0 spiro atoms. The summed E-state index contributed by atoms with van der Waals surface area (Å²) in [5, 5.41) is 3.47. The predicted octanol–water partition coefficient (Wildman–Crippen LogP) is 2.92. The van der Waals surface area contributed by atoms with E-state index in [2.05, 4.69) is 46.9 Å². The van der Waals surface area contributed by atoms with Crippen LogP contribution in [-0.2, 0) is 6.54 Å². The van der Waals surface area contributed by atoms with Crippen LogP contribution in [0.4, 0.5) is 5.69 Å². The van der Waals surface area contributed by atoms with Gasteiger partial charge < -0.3 is 9.88 Å². The molecule has 1 heterocycles. The molecule has 0 amide bonds. The zero-order valence-electron chi connectivity index (χ0n) is 10.7. The highest BCUT2D eigenvalue weighted by molar-refractivity contribution is 5.53. The van der Waals surface area contributed by atoms with Gasteiger partial charge in [-0.05, 0) is 38.0 Å². The van der Waals surface area contributed by atoms with Crippen LogP contribution in [0.25, 0.3) is 0 Å². The first-order valence-electron chi connectivity index (χ1n) is 5.96. The molecule has 0 aliphatic heterocycles. The molecule has 90 valence electrons. The molecular weight excluding hydrogens is 210 g/mol. The molecule has 2 rings (SSSR count). The van der Waals surface area contributed by atoms with E-state index in [0.29, 0.717) is 0 Å². The third kappa shape index (κ3) is 2.67. The van der Waals surface area contributed by atoms with Crippen molar-refractivity contribution in [2.75, 3.05) is 11.9 Å². The van der Waals surface area contributed by atoms with Gasteiger partial charge in [0, 0.05) is 31.2 Å². The van der Waals surface area contributed by atoms with Crippen molar-refractivity contribution in [1.82, 2.24) is 9.55 Å². The van der Waals surface area contributed by atoms with Gasteiger partial charge in [0.05, 0.1) is 0 Å². The van der Waals surface area contributed by atoms with Gasteiger partial charge in [-0.1, -0.05) is 12.1 Å². The molecule has 0 bridgehead atoms. The number of hydrogen-bond acceptors (Lipinski definition) is 2. The number of anilines is 1. The molecule has 1 aromatic carbocycles. The maximum atomic E-state index is 4.21. The summed E-state index contributed by atoms with van der Waals surface area (Å²) in [4.78, 5) is 4.21. The Morgan fingerprint density at radius 3 is 2.76 bits per heavy atom. The van der Waals surface area contributed by atoms with Crippen LogP contribution in [0.1, 0.15) is 17.0 Å². The van der Waals surface area contributed by atoms with Crippen molar-refractivity contribution in [2.45, 2.75) is 27.3 Å². The van der Waals surface area contributed by atoms with E-state index in [-0.39, 0.29) is 0 Å². The highest BCUT2D eigenvalue weighted by Gasteiger charge is 2.00. The zero-order chi connectivity index (χ0) is 12.3. The number of imidazole rings is 1. The summed E-state index contributed by atoms with van der Waals surface area (Å²) in [6, 6.07) is 6.36. The average Bonchev–Trinajstić information content (AvgIpc) is 2.71. The highest BCUT2D eigenvalue weighted by atomic mass is 15.1. The van der Waals surface area contributed by atoms with E-state index in [1.54, 1.807) is 0 Å². The van der Waals surface area contributed by atoms with Crippen LogP contribution in [0.15, 0.2) is 30.6 Å². The molecule has 1 aromatic heterocycles. The minimum atomic E-state index is 0.918. The monoisotopic (exact) mass is 229 g/mol. The van der Waals surface area contributed by atoms with Gasteiger partial charge in [-0.15, -0.1) is 0 Å². The van der Waals surface area contributed by atoms with Gasteiger partial charge in [-0.3, -0.25) is 0 Å². The van der Waals surface area contributed by atoms with Crippen LogP contribution in [0.2, 0.25) is 0 Å². The standard InChI is InChI=1S/C14H19N3/c1-11-5-4-6-14(12(11)2)16-8-10-17-9-7-15-13(17)3/h4-7,9,16H,8,10H2,1-3H3. The van der Waals surface area contributed by atoms with Crippen molar-refractivity contribution >= 4 is 5.69 Å². The summed E-state index contributed by atoms with van der Waals surface area (Å²) in [5.74, 6) is 1.06. The number of hydrogen-bond donors (Lipinski definition) is 1. The fourth-order valence-corrected chi connectivity index (χ4v) is 1.89. The molecule has 3 nitrogen and oxygen atoms in total. The molecule has 17 heavy (non-hydrogen) atoms. The maximum Gasteiger partial charge on any atom is 0.105 e. The Hall–Kier alpha value is -1.77. The number of nitrogens with one attached hydrogen (secondary N) is 1. The van der Waals surface area contributed by atoms with Crippen LogP contribution in [0, 0.1) is 20.8 Å².